The first kappa shape index (κ1) is 51.2. The van der Waals surface area contributed by atoms with Crippen LogP contribution in [0.5, 0.6) is 0 Å². The summed E-state index contributed by atoms with van der Waals surface area (Å²) in [6.07, 6.45) is 7.27. The van der Waals surface area contributed by atoms with E-state index in [1.807, 2.05) is 163 Å². The average Bonchev–Trinajstić information content (AvgIpc) is 3.50. The summed E-state index contributed by atoms with van der Waals surface area (Å²) in [4.78, 5) is 62.9. The molecule has 370 valence electrons. The quantitative estimate of drug-likeness (QED) is 0.0960. The van der Waals surface area contributed by atoms with Gasteiger partial charge in [0.2, 0.25) is 0 Å². The van der Waals surface area contributed by atoms with Crippen molar-refractivity contribution >= 4 is 69.6 Å². The molecule has 9 heterocycles. The molecule has 0 bridgehead atoms. The van der Waals surface area contributed by atoms with Crippen molar-refractivity contribution in [3.63, 3.8) is 0 Å². The molecule has 0 spiro atoms. The van der Waals surface area contributed by atoms with Crippen molar-refractivity contribution in [2.45, 2.75) is 32.3 Å². The zero-order valence-electron chi connectivity index (χ0n) is 40.0. The topological polar surface area (TPSA) is 133 Å². The number of benzene rings is 1. The van der Waals surface area contributed by atoms with E-state index in [1.165, 1.54) is 0 Å². The molecule has 1 fully saturated rings. The van der Waals surface area contributed by atoms with Crippen LogP contribution < -0.4 is 0 Å². The van der Waals surface area contributed by atoms with Gasteiger partial charge in [-0.2, -0.15) is 0 Å². The number of halogens is 4. The lowest BCUT2D eigenvalue weighted by atomic mass is 10.1. The maximum Gasteiger partial charge on any atom is 0.255 e. The van der Waals surface area contributed by atoms with Gasteiger partial charge in [-0.05, 0) is 171 Å². The van der Waals surface area contributed by atoms with Crippen LogP contribution in [0.25, 0.3) is 45.6 Å². The first-order valence-electron chi connectivity index (χ1n) is 24.0. The number of carbonyl (C=O) groups is 1. The molecule has 1 aromatic carbocycles. The molecule has 0 radical (unpaired) electrons. The van der Waals surface area contributed by atoms with Crippen LogP contribution in [0, 0.1) is 0 Å². The molecule has 1 aliphatic heterocycles. The lowest BCUT2D eigenvalue weighted by Crippen LogP contribution is -2.56. The second-order valence-electron chi connectivity index (χ2n) is 17.9. The summed E-state index contributed by atoms with van der Waals surface area (Å²) in [6, 6.07) is 49.3. The number of hydrogen-bond donors (Lipinski definition) is 0. The molecule has 0 aliphatic carbocycles. The normalized spacial score (nSPS) is 14.7. The Kier molecular flexibility index (Phi) is 16.9. The van der Waals surface area contributed by atoms with Crippen LogP contribution in [0.4, 0.5) is 0 Å². The van der Waals surface area contributed by atoms with Gasteiger partial charge in [0.25, 0.3) is 5.91 Å². The molecular formula is C57H48Br4N12O. The van der Waals surface area contributed by atoms with E-state index in [1.54, 1.807) is 0 Å². The maximum atomic E-state index is 15.4. The molecule has 10 rings (SSSR count). The minimum atomic E-state index is -0.419. The van der Waals surface area contributed by atoms with Crippen molar-refractivity contribution in [1.82, 2.24) is 59.5 Å². The van der Waals surface area contributed by atoms with E-state index in [9.17, 15) is 0 Å². The molecule has 1 aliphatic rings. The van der Waals surface area contributed by atoms with E-state index in [4.69, 9.17) is 19.9 Å². The molecule has 0 N–H and O–H groups in total. The Labute approximate surface area is 463 Å². The fourth-order valence-electron chi connectivity index (χ4n) is 8.92. The largest absolute Gasteiger partial charge is 0.317 e. The van der Waals surface area contributed by atoms with Gasteiger partial charge in [-0.1, -0.05) is 66.7 Å². The van der Waals surface area contributed by atoms with Gasteiger partial charge in [-0.3, -0.25) is 39.4 Å². The molecule has 74 heavy (non-hydrogen) atoms. The highest BCUT2D eigenvalue weighted by atomic mass is 79.9. The Hall–Kier alpha value is -6.31. The predicted molar refractivity (Wildman–Crippen MR) is 302 cm³/mol. The number of nitrogens with zero attached hydrogens (tertiary/aromatic N) is 12. The molecule has 0 saturated carbocycles. The van der Waals surface area contributed by atoms with Gasteiger partial charge in [0.1, 0.15) is 18.4 Å². The van der Waals surface area contributed by atoms with Gasteiger partial charge >= 0.3 is 0 Å². The third kappa shape index (κ3) is 13.3. The first-order valence-corrected chi connectivity index (χ1v) is 27.2. The standard InChI is InChI=1S/C57H48Br4N12O/c58-52-14-4-10-48(66-52)44-22-18-39(30-62-44)34-70-26-27-71(35-40-19-23-45(63-31-40)49-11-5-15-53(59)67-49)38-56(72(29-28-70)36-41-20-24-46(64-32-41)50-12-6-16-54(60)68-50)73(57(74)43-8-2-1-3-9-43)37-42-21-25-47(65-33-42)51-13-7-17-55(61)69-51/h1-25,30-33,56H,26-29,34-38H2. The summed E-state index contributed by atoms with van der Waals surface area (Å²) < 4.78 is 2.99. The number of aromatic nitrogens is 8. The lowest BCUT2D eigenvalue weighted by Gasteiger charge is -2.42. The minimum absolute atomic E-state index is 0.0813. The van der Waals surface area contributed by atoms with Crippen molar-refractivity contribution in [1.29, 1.82) is 0 Å². The molecule has 8 aromatic heterocycles. The molecule has 1 saturated heterocycles. The summed E-state index contributed by atoms with van der Waals surface area (Å²) in [7, 11) is 0. The maximum absolute atomic E-state index is 15.4. The van der Waals surface area contributed by atoms with Crippen molar-refractivity contribution < 1.29 is 4.79 Å². The second kappa shape index (κ2) is 24.4. The SMILES string of the molecule is O=C(c1ccccc1)N(Cc1ccc(-c2cccc(Br)n2)nc1)C1CN(Cc2ccc(-c3cccc(Br)n3)nc2)CCN(Cc2ccc(-c3cccc(Br)n3)nc2)CCN1Cc1ccc(-c2cccc(Br)n2)nc1. The summed E-state index contributed by atoms with van der Waals surface area (Å²) in [5.41, 5.74) is 10.9. The van der Waals surface area contributed by atoms with E-state index in [0.29, 0.717) is 57.9 Å². The molecule has 9 aromatic rings. The Bertz CT molecular complexity index is 3320. The highest BCUT2D eigenvalue weighted by molar-refractivity contribution is 9.11. The molecule has 1 amide bonds. The van der Waals surface area contributed by atoms with Crippen LogP contribution in [-0.2, 0) is 26.2 Å². The van der Waals surface area contributed by atoms with Gasteiger partial charge in [0.05, 0.1) is 51.7 Å². The summed E-state index contributed by atoms with van der Waals surface area (Å²) in [5.74, 6) is -0.0813. The lowest BCUT2D eigenvalue weighted by molar-refractivity contribution is 0.00889. The predicted octanol–water partition coefficient (Wildman–Crippen LogP) is 12.1. The highest BCUT2D eigenvalue weighted by Crippen LogP contribution is 2.26. The Morgan fingerprint density at radius 2 is 0.811 bits per heavy atom. The Balaban J connectivity index is 1.03. The minimum Gasteiger partial charge on any atom is -0.317 e. The second-order valence-corrected chi connectivity index (χ2v) is 21.1. The van der Waals surface area contributed by atoms with Crippen LogP contribution in [-0.4, -0.2) is 104 Å². The molecule has 17 heteroatoms. The number of carbonyl (C=O) groups excluding carboxylic acids is 1. The monoisotopic (exact) mass is 1230 g/mol. The zero-order valence-corrected chi connectivity index (χ0v) is 46.3. The first-order chi connectivity index (χ1) is 36.1. The smallest absolute Gasteiger partial charge is 0.255 e. The van der Waals surface area contributed by atoms with Gasteiger partial charge < -0.3 is 4.90 Å². The van der Waals surface area contributed by atoms with Crippen LogP contribution >= 0.6 is 63.7 Å². The number of amides is 1. The van der Waals surface area contributed by atoms with Crippen molar-refractivity contribution in [3.8, 4) is 45.6 Å². The summed E-state index contributed by atoms with van der Waals surface area (Å²) in [6.45, 7) is 5.44. The van der Waals surface area contributed by atoms with Gasteiger partial charge in [-0.15, -0.1) is 0 Å². The van der Waals surface area contributed by atoms with Gasteiger partial charge in [0.15, 0.2) is 0 Å². The Morgan fingerprint density at radius 1 is 0.419 bits per heavy atom. The fraction of sp³-hybridized carbons (Fsp3) is 0.175. The molecule has 1 unspecified atom stereocenters. The van der Waals surface area contributed by atoms with Crippen molar-refractivity contribution in [3.05, 3.63) is 223 Å². The Morgan fingerprint density at radius 3 is 1.23 bits per heavy atom. The molecular weight excluding hydrogens is 1190 g/mol. The zero-order chi connectivity index (χ0) is 50.8. The van der Waals surface area contributed by atoms with Gasteiger partial charge in [0, 0.05) is 89.3 Å². The van der Waals surface area contributed by atoms with Crippen molar-refractivity contribution in [2.24, 2.45) is 0 Å². The average molecular weight is 1240 g/mol. The fourth-order valence-corrected chi connectivity index (χ4v) is 10.3. The van der Waals surface area contributed by atoms with E-state index >= 15 is 4.79 Å². The highest BCUT2D eigenvalue weighted by Gasteiger charge is 2.34. The van der Waals surface area contributed by atoms with Crippen LogP contribution in [0.2, 0.25) is 0 Å². The van der Waals surface area contributed by atoms with E-state index in [2.05, 4.69) is 117 Å². The summed E-state index contributed by atoms with van der Waals surface area (Å²) in [5, 5.41) is 0. The third-order valence-electron chi connectivity index (χ3n) is 12.7. The number of pyridine rings is 8. The van der Waals surface area contributed by atoms with Crippen LogP contribution in [0.15, 0.2) is 195 Å². The molecule has 13 nitrogen and oxygen atoms in total. The summed E-state index contributed by atoms with van der Waals surface area (Å²) >= 11 is 14.1. The third-order valence-corrected chi connectivity index (χ3v) is 14.4. The van der Waals surface area contributed by atoms with Crippen LogP contribution in [0.1, 0.15) is 32.6 Å². The number of hydrogen-bond acceptors (Lipinski definition) is 12. The van der Waals surface area contributed by atoms with E-state index in [0.717, 1.165) is 92.8 Å². The van der Waals surface area contributed by atoms with E-state index < -0.39 is 6.17 Å². The number of rotatable bonds is 14. The van der Waals surface area contributed by atoms with Crippen molar-refractivity contribution in [2.75, 3.05) is 32.7 Å². The van der Waals surface area contributed by atoms with E-state index in [-0.39, 0.29) is 5.91 Å². The molecule has 1 atom stereocenters. The van der Waals surface area contributed by atoms with Gasteiger partial charge in [-0.25, -0.2) is 19.9 Å². The van der Waals surface area contributed by atoms with Crippen LogP contribution in [0.3, 0.4) is 0 Å².